The van der Waals surface area contributed by atoms with Crippen molar-refractivity contribution >= 4 is 10.0 Å². The molecular formula is C9H16N2O2S. The van der Waals surface area contributed by atoms with Crippen molar-refractivity contribution in [3.8, 4) is 6.07 Å². The van der Waals surface area contributed by atoms with Crippen molar-refractivity contribution in [3.63, 3.8) is 0 Å². The molecule has 5 heteroatoms. The maximum Gasteiger partial charge on any atom is 0.227 e. The van der Waals surface area contributed by atoms with Gasteiger partial charge in [0.25, 0.3) is 0 Å². The minimum absolute atomic E-state index is 0.396. The molecule has 0 aromatic heterocycles. The Labute approximate surface area is 85.6 Å². The van der Waals surface area contributed by atoms with Crippen LogP contribution in [0.1, 0.15) is 20.3 Å². The average molecular weight is 216 g/mol. The van der Waals surface area contributed by atoms with Crippen LogP contribution in [0.25, 0.3) is 0 Å². The minimum atomic E-state index is -3.33. The molecule has 2 atom stereocenters. The van der Waals surface area contributed by atoms with Gasteiger partial charge in [0.2, 0.25) is 10.0 Å². The summed E-state index contributed by atoms with van der Waals surface area (Å²) in [6.45, 7) is 5.22. The first kappa shape index (κ1) is 11.5. The second-order valence-corrected chi connectivity index (χ2v) is 6.15. The summed E-state index contributed by atoms with van der Waals surface area (Å²) in [5.74, 6) is 0.395. The van der Waals surface area contributed by atoms with E-state index in [0.29, 0.717) is 24.9 Å². The van der Waals surface area contributed by atoms with Crippen LogP contribution in [0.5, 0.6) is 0 Å². The van der Waals surface area contributed by atoms with Gasteiger partial charge in [0.05, 0.1) is 6.07 Å². The van der Waals surface area contributed by atoms with Crippen molar-refractivity contribution in [1.82, 2.24) is 4.31 Å². The molecule has 1 rings (SSSR count). The molecule has 1 aliphatic heterocycles. The third-order valence-electron chi connectivity index (χ3n) is 2.48. The Bertz CT molecular complexity index is 321. The zero-order chi connectivity index (χ0) is 10.8. The molecule has 1 aliphatic rings. The zero-order valence-electron chi connectivity index (χ0n) is 8.60. The van der Waals surface area contributed by atoms with E-state index in [1.54, 1.807) is 6.07 Å². The van der Waals surface area contributed by atoms with E-state index >= 15 is 0 Å². The molecule has 0 aromatic rings. The molecule has 80 valence electrons. The second kappa shape index (κ2) is 4.28. The Balaban J connectivity index is 2.74. The fourth-order valence-corrected chi connectivity index (χ4v) is 3.31. The Morgan fingerprint density at radius 1 is 1.36 bits per heavy atom. The monoisotopic (exact) mass is 216 g/mol. The van der Waals surface area contributed by atoms with Crippen molar-refractivity contribution in [1.29, 1.82) is 5.26 Å². The lowest BCUT2D eigenvalue weighted by Gasteiger charge is -2.33. The molecule has 2 unspecified atom stereocenters. The Morgan fingerprint density at radius 3 is 2.29 bits per heavy atom. The van der Waals surface area contributed by atoms with Gasteiger partial charge in [0.1, 0.15) is 0 Å². The molecule has 1 saturated heterocycles. The lowest BCUT2D eigenvalue weighted by molar-refractivity contribution is 0.223. The SMILES string of the molecule is CC1CC(C)CN(S(=O)(=O)CC#N)C1. The van der Waals surface area contributed by atoms with Crippen LogP contribution >= 0.6 is 0 Å². The number of hydrogen-bond acceptors (Lipinski definition) is 3. The molecule has 1 fully saturated rings. The normalized spacial score (nSPS) is 29.8. The quantitative estimate of drug-likeness (QED) is 0.686. The molecule has 0 bridgehead atoms. The first-order valence-electron chi connectivity index (χ1n) is 4.80. The van der Waals surface area contributed by atoms with Crippen molar-refractivity contribution in [2.45, 2.75) is 20.3 Å². The highest BCUT2D eigenvalue weighted by Gasteiger charge is 2.29. The third-order valence-corrected chi connectivity index (χ3v) is 4.05. The van der Waals surface area contributed by atoms with E-state index in [4.69, 9.17) is 5.26 Å². The molecule has 4 nitrogen and oxygen atoms in total. The fraction of sp³-hybridized carbons (Fsp3) is 0.889. The summed E-state index contributed by atoms with van der Waals surface area (Å²) in [6, 6.07) is 1.71. The summed E-state index contributed by atoms with van der Waals surface area (Å²) in [6.07, 6.45) is 1.07. The Kier molecular flexibility index (Phi) is 3.51. The highest BCUT2D eigenvalue weighted by atomic mass is 32.2. The number of piperidine rings is 1. The molecule has 1 heterocycles. The standard InChI is InChI=1S/C9H16N2O2S/c1-8-5-9(2)7-11(6-8)14(12,13)4-3-10/h8-9H,4-7H2,1-2H3. The number of rotatable bonds is 2. The second-order valence-electron chi connectivity index (χ2n) is 4.18. The summed E-state index contributed by atoms with van der Waals surface area (Å²) in [4.78, 5) is 0. The maximum atomic E-state index is 11.6. The van der Waals surface area contributed by atoms with Crippen LogP contribution in [0.15, 0.2) is 0 Å². The van der Waals surface area contributed by atoms with Crippen LogP contribution in [0.4, 0.5) is 0 Å². The minimum Gasteiger partial charge on any atom is -0.211 e. The van der Waals surface area contributed by atoms with E-state index in [9.17, 15) is 8.42 Å². The third kappa shape index (κ3) is 2.69. The van der Waals surface area contributed by atoms with Crippen molar-refractivity contribution in [2.24, 2.45) is 11.8 Å². The van der Waals surface area contributed by atoms with E-state index < -0.39 is 15.8 Å². The molecular weight excluding hydrogens is 200 g/mol. The number of nitriles is 1. The summed E-state index contributed by atoms with van der Waals surface area (Å²) >= 11 is 0. The highest BCUT2D eigenvalue weighted by Crippen LogP contribution is 2.23. The summed E-state index contributed by atoms with van der Waals surface area (Å²) in [5, 5.41) is 8.41. The molecule has 0 spiro atoms. The maximum absolute atomic E-state index is 11.6. The molecule has 0 saturated carbocycles. The van der Waals surface area contributed by atoms with Crippen LogP contribution in [0, 0.1) is 23.2 Å². The van der Waals surface area contributed by atoms with Crippen molar-refractivity contribution in [2.75, 3.05) is 18.8 Å². The number of nitrogens with zero attached hydrogens (tertiary/aromatic N) is 2. The number of hydrogen-bond donors (Lipinski definition) is 0. The zero-order valence-corrected chi connectivity index (χ0v) is 9.42. The summed E-state index contributed by atoms with van der Waals surface area (Å²) in [5.41, 5.74) is 0. The fourth-order valence-electron chi connectivity index (χ4n) is 2.01. The van der Waals surface area contributed by atoms with Gasteiger partial charge in [-0.3, -0.25) is 0 Å². The lowest BCUT2D eigenvalue weighted by Crippen LogP contribution is -2.43. The Hall–Kier alpha value is -0.600. The topological polar surface area (TPSA) is 61.2 Å². The molecule has 14 heavy (non-hydrogen) atoms. The van der Waals surface area contributed by atoms with E-state index in [2.05, 4.69) is 0 Å². The first-order chi connectivity index (χ1) is 6.45. The van der Waals surface area contributed by atoms with Gasteiger partial charge in [-0.15, -0.1) is 0 Å². The summed E-state index contributed by atoms with van der Waals surface area (Å²) in [7, 11) is -3.33. The molecule has 0 aromatic carbocycles. The van der Waals surface area contributed by atoms with Crippen LogP contribution < -0.4 is 0 Å². The largest absolute Gasteiger partial charge is 0.227 e. The van der Waals surface area contributed by atoms with Gasteiger partial charge >= 0.3 is 0 Å². The van der Waals surface area contributed by atoms with Crippen molar-refractivity contribution in [3.05, 3.63) is 0 Å². The molecule has 0 N–H and O–H groups in total. The smallest absolute Gasteiger partial charge is 0.211 e. The lowest BCUT2D eigenvalue weighted by atomic mass is 9.94. The predicted octanol–water partition coefficient (Wildman–Crippen LogP) is 0.818. The van der Waals surface area contributed by atoms with Gasteiger partial charge in [0.15, 0.2) is 5.75 Å². The van der Waals surface area contributed by atoms with Crippen LogP contribution in [0.2, 0.25) is 0 Å². The Morgan fingerprint density at radius 2 is 1.86 bits per heavy atom. The van der Waals surface area contributed by atoms with Crippen molar-refractivity contribution < 1.29 is 8.42 Å². The van der Waals surface area contributed by atoms with Crippen LogP contribution in [0.3, 0.4) is 0 Å². The van der Waals surface area contributed by atoms with Gasteiger partial charge in [-0.1, -0.05) is 13.8 Å². The van der Waals surface area contributed by atoms with Gasteiger partial charge in [-0.2, -0.15) is 5.26 Å². The van der Waals surface area contributed by atoms with Gasteiger partial charge in [0, 0.05) is 13.1 Å². The highest BCUT2D eigenvalue weighted by molar-refractivity contribution is 7.89. The average Bonchev–Trinajstić information content (AvgIpc) is 2.02. The molecule has 0 radical (unpaired) electrons. The van der Waals surface area contributed by atoms with Crippen LogP contribution in [-0.2, 0) is 10.0 Å². The van der Waals surface area contributed by atoms with Gasteiger partial charge < -0.3 is 0 Å². The van der Waals surface area contributed by atoms with E-state index in [-0.39, 0.29) is 0 Å². The summed E-state index contributed by atoms with van der Waals surface area (Å²) < 4.78 is 24.6. The molecule has 0 aliphatic carbocycles. The predicted molar refractivity (Wildman–Crippen MR) is 53.9 cm³/mol. The molecule has 0 amide bonds. The number of sulfonamides is 1. The van der Waals surface area contributed by atoms with Crippen LogP contribution in [-0.4, -0.2) is 31.6 Å². The van der Waals surface area contributed by atoms with E-state index in [1.165, 1.54) is 4.31 Å². The van der Waals surface area contributed by atoms with E-state index in [1.807, 2.05) is 13.8 Å². The van der Waals surface area contributed by atoms with Gasteiger partial charge in [-0.25, -0.2) is 12.7 Å². The first-order valence-corrected chi connectivity index (χ1v) is 6.41. The van der Waals surface area contributed by atoms with E-state index in [0.717, 1.165) is 6.42 Å². The van der Waals surface area contributed by atoms with Gasteiger partial charge in [-0.05, 0) is 18.3 Å².